The van der Waals surface area contributed by atoms with Crippen molar-refractivity contribution in [2.75, 3.05) is 32.1 Å². The van der Waals surface area contributed by atoms with Crippen molar-refractivity contribution in [1.82, 2.24) is 14.9 Å². The van der Waals surface area contributed by atoms with Crippen molar-refractivity contribution >= 4 is 28.3 Å². The first-order valence-corrected chi connectivity index (χ1v) is 11.6. The lowest BCUT2D eigenvalue weighted by Gasteiger charge is -2.38. The maximum absolute atomic E-state index is 11.8. The molecule has 1 fully saturated rings. The fraction of sp³-hybridized carbons (Fsp3) is 0.222. The van der Waals surface area contributed by atoms with E-state index in [9.17, 15) is 4.79 Å². The minimum absolute atomic E-state index is 0.109. The molecule has 0 atom stereocenters. The standard InChI is InChI=1S/C27H26N4O5/c1-4-26(32)31-14-18(15-31)36-25-12-19-20(13-24(25)33-3)28-16-29-27(19)30-21-11-17(22-7-6-10-35-22)8-9-23(21)34-5-2/h4,6-13,16,18H,1,5,14-15H2,2-3H3,(H,28,29,30). The van der Waals surface area contributed by atoms with E-state index in [0.29, 0.717) is 48.3 Å². The molecule has 184 valence electrons. The summed E-state index contributed by atoms with van der Waals surface area (Å²) in [5, 5.41) is 4.15. The molecule has 0 unspecified atom stereocenters. The number of nitrogens with one attached hydrogen (secondary N) is 1. The lowest BCUT2D eigenvalue weighted by Crippen LogP contribution is -2.55. The van der Waals surface area contributed by atoms with E-state index < -0.39 is 0 Å². The highest BCUT2D eigenvalue weighted by Gasteiger charge is 2.31. The molecule has 0 spiro atoms. The van der Waals surface area contributed by atoms with Gasteiger partial charge in [0, 0.05) is 17.0 Å². The van der Waals surface area contributed by atoms with Gasteiger partial charge < -0.3 is 28.8 Å². The van der Waals surface area contributed by atoms with Gasteiger partial charge in [-0.05, 0) is 49.4 Å². The van der Waals surface area contributed by atoms with E-state index in [1.807, 2.05) is 49.4 Å². The molecular formula is C27H26N4O5. The second-order valence-corrected chi connectivity index (χ2v) is 8.18. The average Bonchev–Trinajstić information content (AvgIpc) is 3.41. The number of rotatable bonds is 9. The van der Waals surface area contributed by atoms with Crippen molar-refractivity contribution in [3.63, 3.8) is 0 Å². The predicted molar refractivity (Wildman–Crippen MR) is 136 cm³/mol. The topological polar surface area (TPSA) is 99.0 Å². The number of nitrogens with zero attached hydrogens (tertiary/aromatic N) is 3. The Bertz CT molecular complexity index is 1400. The monoisotopic (exact) mass is 486 g/mol. The van der Waals surface area contributed by atoms with Crippen LogP contribution in [-0.4, -0.2) is 53.7 Å². The number of carbonyl (C=O) groups is 1. The van der Waals surface area contributed by atoms with Crippen molar-refractivity contribution in [2.24, 2.45) is 0 Å². The summed E-state index contributed by atoms with van der Waals surface area (Å²) in [5.74, 6) is 3.01. The predicted octanol–water partition coefficient (Wildman–Crippen LogP) is 4.82. The van der Waals surface area contributed by atoms with Crippen LogP contribution in [0, 0.1) is 0 Å². The molecule has 0 aliphatic carbocycles. The Hall–Kier alpha value is -4.53. The van der Waals surface area contributed by atoms with Gasteiger partial charge in [-0.25, -0.2) is 9.97 Å². The summed E-state index contributed by atoms with van der Waals surface area (Å²) in [5.41, 5.74) is 2.33. The summed E-state index contributed by atoms with van der Waals surface area (Å²) in [6, 6.07) is 13.2. The zero-order valence-electron chi connectivity index (χ0n) is 20.1. The first-order chi connectivity index (χ1) is 17.6. The molecule has 36 heavy (non-hydrogen) atoms. The van der Waals surface area contributed by atoms with Crippen molar-refractivity contribution in [3.8, 4) is 28.6 Å². The minimum Gasteiger partial charge on any atom is -0.493 e. The molecule has 3 heterocycles. The molecule has 9 heteroatoms. The van der Waals surface area contributed by atoms with E-state index >= 15 is 0 Å². The molecule has 1 aliphatic heterocycles. The Labute approximate surface area is 208 Å². The molecule has 4 aromatic rings. The Kier molecular flexibility index (Phi) is 6.44. The van der Waals surface area contributed by atoms with Crippen LogP contribution in [0.3, 0.4) is 0 Å². The number of methoxy groups -OCH3 is 1. The highest BCUT2D eigenvalue weighted by Crippen LogP contribution is 2.38. The molecule has 9 nitrogen and oxygen atoms in total. The number of fused-ring (bicyclic) bond motifs is 1. The number of aromatic nitrogens is 2. The molecule has 2 aromatic carbocycles. The van der Waals surface area contributed by atoms with Crippen LogP contribution in [0.15, 0.2) is 72.1 Å². The van der Waals surface area contributed by atoms with E-state index in [0.717, 1.165) is 22.4 Å². The second kappa shape index (κ2) is 9.99. The Morgan fingerprint density at radius 2 is 2.06 bits per heavy atom. The first kappa shape index (κ1) is 23.2. The number of hydrogen-bond acceptors (Lipinski definition) is 8. The smallest absolute Gasteiger partial charge is 0.246 e. The van der Waals surface area contributed by atoms with Crippen LogP contribution in [0.25, 0.3) is 22.2 Å². The molecule has 2 aromatic heterocycles. The molecule has 0 radical (unpaired) electrons. The molecule has 1 aliphatic rings. The number of likely N-dealkylation sites (tertiary alicyclic amines) is 1. The Balaban J connectivity index is 1.48. The fourth-order valence-corrected chi connectivity index (χ4v) is 4.05. The average molecular weight is 487 g/mol. The van der Waals surface area contributed by atoms with Gasteiger partial charge in [0.15, 0.2) is 11.5 Å². The summed E-state index contributed by atoms with van der Waals surface area (Å²) in [6.45, 7) is 6.95. The van der Waals surface area contributed by atoms with Gasteiger partial charge in [0.2, 0.25) is 5.91 Å². The van der Waals surface area contributed by atoms with Gasteiger partial charge in [-0.15, -0.1) is 0 Å². The molecule has 1 N–H and O–H groups in total. The van der Waals surface area contributed by atoms with Crippen LogP contribution < -0.4 is 19.5 Å². The van der Waals surface area contributed by atoms with Crippen LogP contribution in [-0.2, 0) is 4.79 Å². The summed E-state index contributed by atoms with van der Waals surface area (Å²) >= 11 is 0. The Morgan fingerprint density at radius 3 is 2.78 bits per heavy atom. The summed E-state index contributed by atoms with van der Waals surface area (Å²) in [4.78, 5) is 22.3. The number of anilines is 2. The number of furan rings is 1. The summed E-state index contributed by atoms with van der Waals surface area (Å²) in [6.07, 6.45) is 4.29. The number of ether oxygens (including phenoxy) is 3. The largest absolute Gasteiger partial charge is 0.493 e. The summed E-state index contributed by atoms with van der Waals surface area (Å²) < 4.78 is 23.1. The number of carbonyl (C=O) groups excluding carboxylic acids is 1. The number of amides is 1. The molecular weight excluding hydrogens is 460 g/mol. The minimum atomic E-state index is -0.143. The highest BCUT2D eigenvalue weighted by atomic mass is 16.5. The zero-order valence-corrected chi connectivity index (χ0v) is 20.1. The van der Waals surface area contributed by atoms with Crippen LogP contribution in [0.5, 0.6) is 17.2 Å². The van der Waals surface area contributed by atoms with E-state index in [4.69, 9.17) is 18.6 Å². The van der Waals surface area contributed by atoms with Gasteiger partial charge in [0.1, 0.15) is 29.8 Å². The molecule has 1 saturated heterocycles. The maximum Gasteiger partial charge on any atom is 0.246 e. The molecule has 0 bridgehead atoms. The van der Waals surface area contributed by atoms with Crippen molar-refractivity contribution in [1.29, 1.82) is 0 Å². The van der Waals surface area contributed by atoms with Gasteiger partial charge in [-0.2, -0.15) is 0 Å². The second-order valence-electron chi connectivity index (χ2n) is 8.18. The Morgan fingerprint density at radius 1 is 1.19 bits per heavy atom. The van der Waals surface area contributed by atoms with E-state index in [1.54, 1.807) is 18.3 Å². The van der Waals surface area contributed by atoms with Crippen LogP contribution in [0.1, 0.15) is 6.92 Å². The van der Waals surface area contributed by atoms with Gasteiger partial charge in [-0.1, -0.05) is 6.58 Å². The molecule has 1 amide bonds. The third kappa shape index (κ3) is 4.55. The molecule has 0 saturated carbocycles. The van der Waals surface area contributed by atoms with Crippen molar-refractivity contribution in [3.05, 3.63) is 67.7 Å². The number of hydrogen-bond donors (Lipinski definition) is 1. The number of benzene rings is 2. The van der Waals surface area contributed by atoms with E-state index in [1.165, 1.54) is 12.4 Å². The van der Waals surface area contributed by atoms with Gasteiger partial charge in [0.25, 0.3) is 0 Å². The normalized spacial score (nSPS) is 13.2. The third-order valence-corrected chi connectivity index (χ3v) is 5.89. The van der Waals surface area contributed by atoms with Gasteiger partial charge >= 0.3 is 0 Å². The maximum atomic E-state index is 11.8. The van der Waals surface area contributed by atoms with Crippen molar-refractivity contribution < 1.29 is 23.4 Å². The summed E-state index contributed by atoms with van der Waals surface area (Å²) in [7, 11) is 1.58. The highest BCUT2D eigenvalue weighted by molar-refractivity contribution is 5.94. The van der Waals surface area contributed by atoms with E-state index in [-0.39, 0.29) is 12.0 Å². The quantitative estimate of drug-likeness (QED) is 0.336. The van der Waals surface area contributed by atoms with Crippen LogP contribution >= 0.6 is 0 Å². The SMILES string of the molecule is C=CC(=O)N1CC(Oc2cc3c(Nc4cc(-c5ccco5)ccc4OCC)ncnc3cc2OC)C1. The zero-order chi connectivity index (χ0) is 25.1. The van der Waals surface area contributed by atoms with Crippen LogP contribution in [0.4, 0.5) is 11.5 Å². The van der Waals surface area contributed by atoms with Crippen LogP contribution in [0.2, 0.25) is 0 Å². The first-order valence-electron chi connectivity index (χ1n) is 11.6. The molecule has 5 rings (SSSR count). The fourth-order valence-electron chi connectivity index (χ4n) is 4.05. The lowest BCUT2D eigenvalue weighted by molar-refractivity contribution is -0.134. The third-order valence-electron chi connectivity index (χ3n) is 5.89. The van der Waals surface area contributed by atoms with Gasteiger partial charge in [0.05, 0.1) is 44.3 Å². The van der Waals surface area contributed by atoms with Crippen molar-refractivity contribution in [2.45, 2.75) is 13.0 Å². The van der Waals surface area contributed by atoms with E-state index in [2.05, 4.69) is 21.9 Å². The lowest BCUT2D eigenvalue weighted by atomic mass is 10.1. The van der Waals surface area contributed by atoms with Gasteiger partial charge in [-0.3, -0.25) is 4.79 Å².